The second kappa shape index (κ2) is 8.67. The average Bonchev–Trinajstić information content (AvgIpc) is 3.20. The number of carbonyl (C=O) groups is 1. The smallest absolute Gasteiger partial charge is 0.257 e. The predicted molar refractivity (Wildman–Crippen MR) is 114 cm³/mol. The van der Waals surface area contributed by atoms with E-state index in [1.165, 1.54) is 5.56 Å². The molecule has 2 heterocycles. The van der Waals surface area contributed by atoms with Crippen molar-refractivity contribution in [2.45, 2.75) is 33.2 Å². The standard InChI is InChI=1S/C23H26N4O3/c1-15-3-6-18(7-4-15)23-25-21(26-30-23)14-27-11-9-17(10-12-27)22(29)24-19-13-16(2)5-8-20(19)28/h3-8,13,17,28H,9-12,14H2,1-2H3,(H,24,29). The summed E-state index contributed by atoms with van der Waals surface area (Å²) in [4.78, 5) is 19.3. The molecule has 1 aliphatic rings. The molecule has 0 radical (unpaired) electrons. The minimum Gasteiger partial charge on any atom is -0.506 e. The number of anilines is 1. The van der Waals surface area contributed by atoms with Crippen LogP contribution in [0.5, 0.6) is 5.75 Å². The van der Waals surface area contributed by atoms with Gasteiger partial charge in [-0.3, -0.25) is 9.69 Å². The van der Waals surface area contributed by atoms with Gasteiger partial charge in [-0.1, -0.05) is 28.9 Å². The van der Waals surface area contributed by atoms with E-state index in [0.29, 0.717) is 23.9 Å². The Morgan fingerprint density at radius 1 is 1.13 bits per heavy atom. The van der Waals surface area contributed by atoms with Gasteiger partial charge in [0, 0.05) is 11.5 Å². The van der Waals surface area contributed by atoms with Crippen molar-refractivity contribution < 1.29 is 14.4 Å². The number of amides is 1. The maximum Gasteiger partial charge on any atom is 0.257 e. The summed E-state index contributed by atoms with van der Waals surface area (Å²) in [5.41, 5.74) is 3.55. The molecule has 156 valence electrons. The summed E-state index contributed by atoms with van der Waals surface area (Å²) in [7, 11) is 0. The Morgan fingerprint density at radius 3 is 2.57 bits per heavy atom. The molecular weight excluding hydrogens is 380 g/mol. The van der Waals surface area contributed by atoms with E-state index < -0.39 is 0 Å². The number of phenols is 1. The van der Waals surface area contributed by atoms with Crippen LogP contribution in [0.3, 0.4) is 0 Å². The zero-order chi connectivity index (χ0) is 21.1. The molecule has 0 unspecified atom stereocenters. The number of aromatic nitrogens is 2. The third-order valence-corrected chi connectivity index (χ3v) is 5.50. The number of likely N-dealkylation sites (tertiary alicyclic amines) is 1. The van der Waals surface area contributed by atoms with Crippen LogP contribution in [0.1, 0.15) is 29.8 Å². The Morgan fingerprint density at radius 2 is 1.83 bits per heavy atom. The summed E-state index contributed by atoms with van der Waals surface area (Å²) in [6.07, 6.45) is 1.50. The fraction of sp³-hybridized carbons (Fsp3) is 0.348. The average molecular weight is 406 g/mol. The summed E-state index contributed by atoms with van der Waals surface area (Å²) in [5, 5.41) is 16.9. The van der Waals surface area contributed by atoms with Crippen molar-refractivity contribution in [2.24, 2.45) is 5.92 Å². The fourth-order valence-corrected chi connectivity index (χ4v) is 3.67. The van der Waals surface area contributed by atoms with Crippen molar-refractivity contribution >= 4 is 11.6 Å². The summed E-state index contributed by atoms with van der Waals surface area (Å²) in [6, 6.07) is 13.2. The van der Waals surface area contributed by atoms with Gasteiger partial charge in [0.1, 0.15) is 5.75 Å². The summed E-state index contributed by atoms with van der Waals surface area (Å²) >= 11 is 0. The minimum atomic E-state index is -0.0745. The van der Waals surface area contributed by atoms with Crippen LogP contribution in [0.2, 0.25) is 0 Å². The minimum absolute atomic E-state index is 0.0447. The fourth-order valence-electron chi connectivity index (χ4n) is 3.67. The molecule has 0 atom stereocenters. The number of phenolic OH excluding ortho intramolecular Hbond substituents is 1. The highest BCUT2D eigenvalue weighted by Gasteiger charge is 2.26. The van der Waals surface area contributed by atoms with E-state index in [0.717, 1.165) is 37.1 Å². The van der Waals surface area contributed by atoms with Crippen LogP contribution in [0.4, 0.5) is 5.69 Å². The van der Waals surface area contributed by atoms with E-state index in [4.69, 9.17) is 4.52 Å². The molecule has 7 nitrogen and oxygen atoms in total. The highest BCUT2D eigenvalue weighted by Crippen LogP contribution is 2.27. The molecule has 1 amide bonds. The summed E-state index contributed by atoms with van der Waals surface area (Å²) in [6.45, 7) is 6.13. The molecule has 1 fully saturated rings. The Hall–Kier alpha value is -3.19. The van der Waals surface area contributed by atoms with Gasteiger partial charge in [-0.2, -0.15) is 4.98 Å². The number of rotatable bonds is 5. The van der Waals surface area contributed by atoms with E-state index in [9.17, 15) is 9.90 Å². The van der Waals surface area contributed by atoms with Gasteiger partial charge in [0.2, 0.25) is 5.91 Å². The zero-order valence-corrected chi connectivity index (χ0v) is 17.3. The molecule has 0 bridgehead atoms. The monoisotopic (exact) mass is 406 g/mol. The molecule has 7 heteroatoms. The first-order chi connectivity index (χ1) is 14.5. The number of benzene rings is 2. The van der Waals surface area contributed by atoms with Crippen LogP contribution in [0, 0.1) is 19.8 Å². The van der Waals surface area contributed by atoms with Crippen LogP contribution in [-0.2, 0) is 11.3 Å². The number of hydrogen-bond acceptors (Lipinski definition) is 6. The summed E-state index contributed by atoms with van der Waals surface area (Å²) in [5.74, 6) is 1.15. The van der Waals surface area contributed by atoms with Crippen molar-refractivity contribution in [2.75, 3.05) is 18.4 Å². The van der Waals surface area contributed by atoms with Gasteiger partial charge in [-0.05, 0) is 69.6 Å². The highest BCUT2D eigenvalue weighted by molar-refractivity contribution is 5.94. The van der Waals surface area contributed by atoms with Gasteiger partial charge in [0.05, 0.1) is 12.2 Å². The van der Waals surface area contributed by atoms with Crippen LogP contribution in [0.15, 0.2) is 47.0 Å². The van der Waals surface area contributed by atoms with Gasteiger partial charge in [-0.25, -0.2) is 0 Å². The van der Waals surface area contributed by atoms with Crippen LogP contribution in [-0.4, -0.2) is 39.1 Å². The van der Waals surface area contributed by atoms with Crippen molar-refractivity contribution in [3.63, 3.8) is 0 Å². The maximum atomic E-state index is 12.6. The number of nitrogens with zero attached hydrogens (tertiary/aromatic N) is 3. The molecule has 1 aromatic heterocycles. The lowest BCUT2D eigenvalue weighted by Gasteiger charge is -2.30. The lowest BCUT2D eigenvalue weighted by molar-refractivity contribution is -0.121. The van der Waals surface area contributed by atoms with Crippen LogP contribution < -0.4 is 5.32 Å². The molecule has 1 aliphatic heterocycles. The number of aromatic hydroxyl groups is 1. The molecule has 0 saturated carbocycles. The van der Waals surface area contributed by atoms with E-state index in [2.05, 4.69) is 20.4 Å². The SMILES string of the molecule is Cc1ccc(-c2nc(CN3CCC(C(=O)Nc4cc(C)ccc4O)CC3)no2)cc1. The predicted octanol–water partition coefficient (Wildman–Crippen LogP) is 3.91. The Bertz CT molecular complexity index is 1020. The van der Waals surface area contributed by atoms with Crippen LogP contribution in [0.25, 0.3) is 11.5 Å². The number of carbonyl (C=O) groups excluding carboxylic acids is 1. The van der Waals surface area contributed by atoms with Crippen molar-refractivity contribution in [1.29, 1.82) is 0 Å². The van der Waals surface area contributed by atoms with Crippen molar-refractivity contribution in [3.8, 4) is 17.2 Å². The van der Waals surface area contributed by atoms with Gasteiger partial charge >= 0.3 is 0 Å². The van der Waals surface area contributed by atoms with Gasteiger partial charge in [0.25, 0.3) is 5.89 Å². The highest BCUT2D eigenvalue weighted by atomic mass is 16.5. The zero-order valence-electron chi connectivity index (χ0n) is 17.3. The van der Waals surface area contributed by atoms with E-state index >= 15 is 0 Å². The molecule has 2 aromatic carbocycles. The topological polar surface area (TPSA) is 91.5 Å². The number of aryl methyl sites for hydroxylation is 2. The molecule has 0 aliphatic carbocycles. The first kappa shape index (κ1) is 20.1. The normalized spacial score (nSPS) is 15.3. The van der Waals surface area contributed by atoms with E-state index in [1.807, 2.05) is 44.2 Å². The maximum absolute atomic E-state index is 12.6. The molecule has 2 N–H and O–H groups in total. The number of nitrogens with one attached hydrogen (secondary N) is 1. The first-order valence-corrected chi connectivity index (χ1v) is 10.2. The Balaban J connectivity index is 1.30. The molecule has 0 spiro atoms. The van der Waals surface area contributed by atoms with Gasteiger partial charge < -0.3 is 14.9 Å². The van der Waals surface area contributed by atoms with Gasteiger partial charge in [-0.15, -0.1) is 0 Å². The molecule has 1 saturated heterocycles. The molecule has 30 heavy (non-hydrogen) atoms. The Kier molecular flexibility index (Phi) is 5.81. The molecule has 3 aromatic rings. The first-order valence-electron chi connectivity index (χ1n) is 10.2. The summed E-state index contributed by atoms with van der Waals surface area (Å²) < 4.78 is 5.40. The van der Waals surface area contributed by atoms with Crippen LogP contribution >= 0.6 is 0 Å². The lowest BCUT2D eigenvalue weighted by Crippen LogP contribution is -2.38. The largest absolute Gasteiger partial charge is 0.506 e. The molecular formula is C23H26N4O3. The van der Waals surface area contributed by atoms with Gasteiger partial charge in [0.15, 0.2) is 5.82 Å². The Labute approximate surface area is 175 Å². The lowest BCUT2D eigenvalue weighted by atomic mass is 9.95. The quantitative estimate of drug-likeness (QED) is 0.624. The van der Waals surface area contributed by atoms with E-state index in [1.54, 1.807) is 12.1 Å². The number of hydrogen-bond donors (Lipinski definition) is 2. The third kappa shape index (κ3) is 4.68. The second-order valence-corrected chi connectivity index (χ2v) is 7.94. The third-order valence-electron chi connectivity index (χ3n) is 5.50. The van der Waals surface area contributed by atoms with E-state index in [-0.39, 0.29) is 17.6 Å². The van der Waals surface area contributed by atoms with Crippen molar-refractivity contribution in [1.82, 2.24) is 15.0 Å². The number of piperidine rings is 1. The van der Waals surface area contributed by atoms with Crippen molar-refractivity contribution in [3.05, 3.63) is 59.4 Å². The molecule has 4 rings (SSSR count). The second-order valence-electron chi connectivity index (χ2n) is 7.94.